The molecule has 1 aromatic carbocycles. The minimum Gasteiger partial charge on any atom is -0.341 e. The third-order valence-corrected chi connectivity index (χ3v) is 3.09. The van der Waals surface area contributed by atoms with Gasteiger partial charge in [-0.15, -0.1) is 0 Å². The second-order valence-electron chi connectivity index (χ2n) is 7.28. The molecule has 2 aromatic rings. The van der Waals surface area contributed by atoms with Gasteiger partial charge in [-0.1, -0.05) is 20.8 Å². The predicted molar refractivity (Wildman–Crippen MR) is 86.3 cm³/mol. The van der Waals surface area contributed by atoms with Crippen molar-refractivity contribution in [1.29, 1.82) is 0 Å². The van der Waals surface area contributed by atoms with Crippen molar-refractivity contribution in [2.45, 2.75) is 52.0 Å². The van der Waals surface area contributed by atoms with E-state index in [-0.39, 0.29) is 17.7 Å². The van der Waals surface area contributed by atoms with Gasteiger partial charge in [0, 0.05) is 23.1 Å². The third kappa shape index (κ3) is 4.04. The Hall–Kier alpha value is -1.88. The monoisotopic (exact) mass is 288 g/mol. The predicted octanol–water partition coefficient (Wildman–Crippen LogP) is 2.93. The summed E-state index contributed by atoms with van der Waals surface area (Å²) < 4.78 is 0. The van der Waals surface area contributed by atoms with Crippen molar-refractivity contribution in [3.63, 3.8) is 0 Å². The van der Waals surface area contributed by atoms with E-state index in [1.165, 1.54) is 0 Å². The molecule has 5 heteroatoms. The second-order valence-corrected chi connectivity index (χ2v) is 7.28. The second kappa shape index (κ2) is 5.15. The van der Waals surface area contributed by atoms with Crippen molar-refractivity contribution in [3.8, 4) is 0 Å². The first-order valence-electron chi connectivity index (χ1n) is 7.14. The van der Waals surface area contributed by atoms with Crippen LogP contribution in [0.15, 0.2) is 18.2 Å². The largest absolute Gasteiger partial charge is 0.341 e. The maximum atomic E-state index is 11.9. The topological polar surface area (TPSA) is 83.8 Å². The zero-order valence-corrected chi connectivity index (χ0v) is 13.4. The van der Waals surface area contributed by atoms with Gasteiger partial charge in [-0.25, -0.2) is 4.98 Å². The number of benzene rings is 1. The summed E-state index contributed by atoms with van der Waals surface area (Å²) in [6.07, 6.45) is 0.279. The number of hydrogen-bond donors (Lipinski definition) is 3. The number of anilines is 1. The first kappa shape index (κ1) is 15.5. The Balaban J connectivity index is 2.21. The van der Waals surface area contributed by atoms with Gasteiger partial charge in [-0.2, -0.15) is 0 Å². The molecular weight excluding hydrogens is 264 g/mol. The summed E-state index contributed by atoms with van der Waals surface area (Å²) in [5, 5.41) is 2.87. The summed E-state index contributed by atoms with van der Waals surface area (Å²) in [5.74, 6) is 0.849. The van der Waals surface area contributed by atoms with Crippen LogP contribution in [0, 0.1) is 0 Å². The van der Waals surface area contributed by atoms with Crippen LogP contribution in [-0.2, 0) is 10.2 Å². The lowest BCUT2D eigenvalue weighted by Gasteiger charge is -2.17. The molecule has 1 aromatic heterocycles. The Kier molecular flexibility index (Phi) is 3.80. The fourth-order valence-electron chi connectivity index (χ4n) is 2.06. The Bertz CT molecular complexity index is 659. The maximum absolute atomic E-state index is 11.9. The quantitative estimate of drug-likeness (QED) is 0.812. The lowest BCUT2D eigenvalue weighted by atomic mass is 9.96. The van der Waals surface area contributed by atoms with Gasteiger partial charge in [-0.05, 0) is 32.0 Å². The number of carbonyl (C=O) groups is 1. The van der Waals surface area contributed by atoms with Crippen molar-refractivity contribution >= 4 is 22.6 Å². The zero-order chi connectivity index (χ0) is 15.8. The van der Waals surface area contributed by atoms with E-state index in [0.717, 1.165) is 22.5 Å². The Morgan fingerprint density at radius 1 is 1.29 bits per heavy atom. The number of amides is 1. The molecule has 0 radical (unpaired) electrons. The van der Waals surface area contributed by atoms with Crippen molar-refractivity contribution in [3.05, 3.63) is 24.0 Å². The normalized spacial score (nSPS) is 12.7. The van der Waals surface area contributed by atoms with Crippen LogP contribution < -0.4 is 11.1 Å². The highest BCUT2D eigenvalue weighted by molar-refractivity contribution is 5.93. The highest BCUT2D eigenvalue weighted by atomic mass is 16.1. The number of nitrogens with two attached hydrogens (primary N) is 1. The molecule has 114 valence electrons. The summed E-state index contributed by atoms with van der Waals surface area (Å²) in [6.45, 7) is 9.99. The van der Waals surface area contributed by atoms with E-state index in [1.807, 2.05) is 32.0 Å². The number of nitrogens with one attached hydrogen (secondary N) is 2. The van der Waals surface area contributed by atoms with Crippen LogP contribution in [0.1, 0.15) is 46.9 Å². The molecule has 0 spiro atoms. The molecule has 0 atom stereocenters. The van der Waals surface area contributed by atoms with Crippen molar-refractivity contribution in [2.24, 2.45) is 5.73 Å². The molecule has 0 saturated carbocycles. The van der Waals surface area contributed by atoms with Crippen molar-refractivity contribution in [2.75, 3.05) is 5.32 Å². The van der Waals surface area contributed by atoms with Crippen molar-refractivity contribution < 1.29 is 4.79 Å². The minimum absolute atomic E-state index is 0.0357. The number of aromatic nitrogens is 2. The number of fused-ring (bicyclic) bond motifs is 1. The molecule has 0 bridgehead atoms. The number of imidazole rings is 1. The Labute approximate surface area is 125 Å². The van der Waals surface area contributed by atoms with Gasteiger partial charge in [0.2, 0.25) is 5.91 Å². The number of H-pyrrole nitrogens is 1. The maximum Gasteiger partial charge on any atom is 0.226 e. The fraction of sp³-hybridized carbons (Fsp3) is 0.500. The number of aromatic amines is 1. The van der Waals surface area contributed by atoms with E-state index in [2.05, 4.69) is 36.1 Å². The molecule has 1 amide bonds. The average molecular weight is 288 g/mol. The van der Waals surface area contributed by atoms with E-state index in [9.17, 15) is 4.79 Å². The summed E-state index contributed by atoms with van der Waals surface area (Å²) in [7, 11) is 0. The average Bonchev–Trinajstić information content (AvgIpc) is 2.68. The lowest BCUT2D eigenvalue weighted by molar-refractivity contribution is -0.117. The van der Waals surface area contributed by atoms with E-state index in [0.29, 0.717) is 0 Å². The minimum atomic E-state index is -0.512. The van der Waals surface area contributed by atoms with Crippen molar-refractivity contribution in [1.82, 2.24) is 9.97 Å². The highest BCUT2D eigenvalue weighted by Gasteiger charge is 2.19. The highest BCUT2D eigenvalue weighted by Crippen LogP contribution is 2.24. The molecule has 4 N–H and O–H groups in total. The molecule has 0 fully saturated rings. The molecule has 0 aliphatic heterocycles. The van der Waals surface area contributed by atoms with E-state index in [1.54, 1.807) is 0 Å². The molecule has 1 heterocycles. The SMILES string of the molecule is CC(C)(N)CC(=O)Nc1ccc2nc(C(C)(C)C)[nH]c2c1. The van der Waals surface area contributed by atoms with Crippen LogP contribution >= 0.6 is 0 Å². The number of rotatable bonds is 3. The van der Waals surface area contributed by atoms with Crippen LogP contribution in [0.25, 0.3) is 11.0 Å². The molecule has 0 unspecified atom stereocenters. The molecule has 0 aliphatic rings. The van der Waals surface area contributed by atoms with Crippen LogP contribution in [0.3, 0.4) is 0 Å². The summed E-state index contributed by atoms with van der Waals surface area (Å²) in [5.41, 5.74) is 7.88. The van der Waals surface area contributed by atoms with Gasteiger partial charge in [0.05, 0.1) is 11.0 Å². The van der Waals surface area contributed by atoms with Gasteiger partial charge in [0.15, 0.2) is 0 Å². The molecule has 2 rings (SSSR count). The number of hydrogen-bond acceptors (Lipinski definition) is 3. The van der Waals surface area contributed by atoms with Gasteiger partial charge in [-0.3, -0.25) is 4.79 Å². The van der Waals surface area contributed by atoms with E-state index in [4.69, 9.17) is 5.73 Å². The van der Waals surface area contributed by atoms with E-state index >= 15 is 0 Å². The van der Waals surface area contributed by atoms with Crippen LogP contribution in [0.4, 0.5) is 5.69 Å². The standard InChI is InChI=1S/C16H24N4O/c1-15(2,3)14-19-11-7-6-10(8-12(11)20-14)18-13(21)9-16(4,5)17/h6-8H,9,17H2,1-5H3,(H,18,21)(H,19,20). The van der Waals surface area contributed by atoms with Crippen LogP contribution in [0.5, 0.6) is 0 Å². The van der Waals surface area contributed by atoms with Gasteiger partial charge in [0.1, 0.15) is 5.82 Å². The Morgan fingerprint density at radius 3 is 2.52 bits per heavy atom. The third-order valence-electron chi connectivity index (χ3n) is 3.09. The Morgan fingerprint density at radius 2 is 1.95 bits per heavy atom. The smallest absolute Gasteiger partial charge is 0.226 e. The van der Waals surface area contributed by atoms with Crippen LogP contribution in [-0.4, -0.2) is 21.4 Å². The van der Waals surface area contributed by atoms with Gasteiger partial charge in [0.25, 0.3) is 0 Å². The van der Waals surface area contributed by atoms with Crippen LogP contribution in [0.2, 0.25) is 0 Å². The van der Waals surface area contributed by atoms with Gasteiger partial charge < -0.3 is 16.0 Å². The lowest BCUT2D eigenvalue weighted by Crippen LogP contribution is -2.36. The molecular formula is C16H24N4O. The van der Waals surface area contributed by atoms with Gasteiger partial charge >= 0.3 is 0 Å². The first-order valence-corrected chi connectivity index (χ1v) is 7.14. The number of carbonyl (C=O) groups excluding carboxylic acids is 1. The summed E-state index contributed by atoms with van der Waals surface area (Å²) >= 11 is 0. The first-order chi connectivity index (χ1) is 9.54. The molecule has 0 saturated heterocycles. The summed E-state index contributed by atoms with van der Waals surface area (Å²) in [6, 6.07) is 5.67. The summed E-state index contributed by atoms with van der Waals surface area (Å²) in [4.78, 5) is 19.8. The molecule has 5 nitrogen and oxygen atoms in total. The fourth-order valence-corrected chi connectivity index (χ4v) is 2.06. The number of nitrogens with zero attached hydrogens (tertiary/aromatic N) is 1. The molecule has 0 aliphatic carbocycles. The zero-order valence-electron chi connectivity index (χ0n) is 13.4. The van der Waals surface area contributed by atoms with E-state index < -0.39 is 5.54 Å². The molecule has 21 heavy (non-hydrogen) atoms.